The largest absolute Gasteiger partial charge is 0.469 e. The number of hydrogen-bond acceptors (Lipinski definition) is 3. The number of nitrogens with zero attached hydrogens (tertiary/aromatic N) is 2. The van der Waals surface area contributed by atoms with Gasteiger partial charge in [0.1, 0.15) is 5.76 Å². The molecule has 108 valence electrons. The predicted octanol–water partition coefficient (Wildman–Crippen LogP) is 3.68. The van der Waals surface area contributed by atoms with Gasteiger partial charge in [-0.3, -0.25) is 4.79 Å². The SMILES string of the molecule is CCN(C(=O)c1ccoc1C)[C@H](C)c1ccc(C#N)cc1. The molecule has 0 aliphatic rings. The van der Waals surface area contributed by atoms with Crippen LogP contribution in [0.3, 0.4) is 0 Å². The van der Waals surface area contributed by atoms with Gasteiger partial charge in [-0.2, -0.15) is 5.26 Å². The van der Waals surface area contributed by atoms with Crippen molar-refractivity contribution in [1.29, 1.82) is 5.26 Å². The van der Waals surface area contributed by atoms with Gasteiger partial charge >= 0.3 is 0 Å². The molecule has 0 bridgehead atoms. The minimum absolute atomic E-state index is 0.0411. The van der Waals surface area contributed by atoms with Gasteiger partial charge in [0, 0.05) is 6.54 Å². The molecule has 4 heteroatoms. The molecule has 0 spiro atoms. The fourth-order valence-corrected chi connectivity index (χ4v) is 2.37. The van der Waals surface area contributed by atoms with Crippen LogP contribution in [0.5, 0.6) is 0 Å². The number of rotatable bonds is 4. The van der Waals surface area contributed by atoms with E-state index >= 15 is 0 Å². The summed E-state index contributed by atoms with van der Waals surface area (Å²) in [6, 6.07) is 11.1. The lowest BCUT2D eigenvalue weighted by Crippen LogP contribution is -2.33. The summed E-state index contributed by atoms with van der Waals surface area (Å²) in [5.74, 6) is 0.589. The van der Waals surface area contributed by atoms with Crippen molar-refractivity contribution in [2.45, 2.75) is 26.8 Å². The van der Waals surface area contributed by atoms with E-state index in [0.717, 1.165) is 5.56 Å². The maximum Gasteiger partial charge on any atom is 0.257 e. The van der Waals surface area contributed by atoms with Crippen molar-refractivity contribution in [2.24, 2.45) is 0 Å². The van der Waals surface area contributed by atoms with E-state index in [1.807, 2.05) is 26.0 Å². The van der Waals surface area contributed by atoms with E-state index in [2.05, 4.69) is 6.07 Å². The standard InChI is InChI=1S/C17H18N2O2/c1-4-19(17(20)16-9-10-21-13(16)3)12(2)15-7-5-14(11-18)6-8-15/h5-10,12H,4H2,1-3H3/t12-/m1/s1. The highest BCUT2D eigenvalue weighted by Crippen LogP contribution is 2.23. The number of carbonyl (C=O) groups is 1. The van der Waals surface area contributed by atoms with Crippen molar-refractivity contribution in [3.8, 4) is 6.07 Å². The molecule has 1 amide bonds. The Morgan fingerprint density at radius 2 is 2.00 bits per heavy atom. The Morgan fingerprint density at radius 1 is 1.33 bits per heavy atom. The third-order valence-electron chi connectivity index (χ3n) is 3.68. The first-order valence-corrected chi connectivity index (χ1v) is 6.93. The molecule has 2 rings (SSSR count). The first kappa shape index (κ1) is 14.9. The van der Waals surface area contributed by atoms with E-state index in [1.165, 1.54) is 6.26 Å². The molecule has 4 nitrogen and oxygen atoms in total. The third-order valence-corrected chi connectivity index (χ3v) is 3.68. The molecule has 0 unspecified atom stereocenters. The van der Waals surface area contributed by atoms with Crippen LogP contribution >= 0.6 is 0 Å². The summed E-state index contributed by atoms with van der Waals surface area (Å²) in [6.45, 7) is 6.32. The maximum atomic E-state index is 12.6. The molecular weight excluding hydrogens is 264 g/mol. The van der Waals surface area contributed by atoms with Crippen LogP contribution in [0.2, 0.25) is 0 Å². The Labute approximate surface area is 124 Å². The molecule has 0 aliphatic heterocycles. The Hall–Kier alpha value is -2.54. The van der Waals surface area contributed by atoms with Crippen molar-refractivity contribution in [1.82, 2.24) is 4.90 Å². The van der Waals surface area contributed by atoms with Crippen LogP contribution in [0.1, 0.15) is 47.1 Å². The normalized spacial score (nSPS) is 11.7. The van der Waals surface area contributed by atoms with E-state index in [0.29, 0.717) is 23.4 Å². The number of benzene rings is 1. The molecule has 2 aromatic rings. The summed E-state index contributed by atoms with van der Waals surface area (Å²) < 4.78 is 5.21. The minimum Gasteiger partial charge on any atom is -0.469 e. The van der Waals surface area contributed by atoms with Crippen LogP contribution < -0.4 is 0 Å². The number of amides is 1. The zero-order valence-corrected chi connectivity index (χ0v) is 12.5. The lowest BCUT2D eigenvalue weighted by Gasteiger charge is -2.28. The van der Waals surface area contributed by atoms with Crippen molar-refractivity contribution in [3.05, 3.63) is 59.0 Å². The highest BCUT2D eigenvalue weighted by Gasteiger charge is 2.23. The van der Waals surface area contributed by atoms with Gasteiger partial charge in [-0.05, 0) is 44.5 Å². The molecule has 1 aromatic carbocycles. The molecule has 1 aromatic heterocycles. The topological polar surface area (TPSA) is 57.2 Å². The van der Waals surface area contributed by atoms with Gasteiger partial charge in [0.15, 0.2) is 0 Å². The Bertz CT molecular complexity index is 665. The summed E-state index contributed by atoms with van der Waals surface area (Å²) in [7, 11) is 0. The Kier molecular flexibility index (Phi) is 4.44. The molecular formula is C17H18N2O2. The highest BCUT2D eigenvalue weighted by atomic mass is 16.3. The van der Waals surface area contributed by atoms with Crippen LogP contribution in [0.15, 0.2) is 41.0 Å². The van der Waals surface area contributed by atoms with E-state index in [9.17, 15) is 4.79 Å². The van der Waals surface area contributed by atoms with Gasteiger partial charge in [-0.15, -0.1) is 0 Å². The lowest BCUT2D eigenvalue weighted by molar-refractivity contribution is 0.0700. The molecule has 0 N–H and O–H groups in total. The molecule has 0 saturated heterocycles. The van der Waals surface area contributed by atoms with Crippen molar-refractivity contribution in [3.63, 3.8) is 0 Å². The second-order valence-corrected chi connectivity index (χ2v) is 4.89. The first-order chi connectivity index (χ1) is 10.1. The van der Waals surface area contributed by atoms with E-state index < -0.39 is 0 Å². The molecule has 0 aliphatic carbocycles. The fraction of sp³-hybridized carbons (Fsp3) is 0.294. The minimum atomic E-state index is -0.0652. The molecule has 1 heterocycles. The number of aryl methyl sites for hydroxylation is 1. The van der Waals surface area contributed by atoms with Crippen LogP contribution in [0, 0.1) is 18.3 Å². The smallest absolute Gasteiger partial charge is 0.257 e. The van der Waals surface area contributed by atoms with E-state index in [1.54, 1.807) is 30.0 Å². The van der Waals surface area contributed by atoms with Gasteiger partial charge in [-0.25, -0.2) is 0 Å². The lowest BCUT2D eigenvalue weighted by atomic mass is 10.0. The first-order valence-electron chi connectivity index (χ1n) is 6.93. The van der Waals surface area contributed by atoms with Gasteiger partial charge in [0.05, 0.1) is 29.5 Å². The summed E-state index contributed by atoms with van der Waals surface area (Å²) in [5, 5.41) is 8.84. The fourth-order valence-electron chi connectivity index (χ4n) is 2.37. The van der Waals surface area contributed by atoms with Crippen LogP contribution in [0.4, 0.5) is 0 Å². The Balaban J connectivity index is 2.26. The second-order valence-electron chi connectivity index (χ2n) is 4.89. The second kappa shape index (κ2) is 6.27. The summed E-state index contributed by atoms with van der Waals surface area (Å²) in [4.78, 5) is 14.4. The van der Waals surface area contributed by atoms with Gasteiger partial charge in [0.2, 0.25) is 0 Å². The predicted molar refractivity (Wildman–Crippen MR) is 79.7 cm³/mol. The third kappa shape index (κ3) is 2.97. The van der Waals surface area contributed by atoms with Crippen molar-refractivity contribution in [2.75, 3.05) is 6.54 Å². The molecule has 21 heavy (non-hydrogen) atoms. The molecule has 0 radical (unpaired) electrons. The van der Waals surface area contributed by atoms with Crippen LogP contribution in [-0.4, -0.2) is 17.4 Å². The van der Waals surface area contributed by atoms with Crippen molar-refractivity contribution >= 4 is 5.91 Å². The average molecular weight is 282 g/mol. The average Bonchev–Trinajstić information content (AvgIpc) is 2.94. The molecule has 0 saturated carbocycles. The van der Waals surface area contributed by atoms with E-state index in [4.69, 9.17) is 9.68 Å². The van der Waals surface area contributed by atoms with Crippen LogP contribution in [0.25, 0.3) is 0 Å². The number of hydrogen-bond donors (Lipinski definition) is 0. The Morgan fingerprint density at radius 3 is 2.48 bits per heavy atom. The number of furan rings is 1. The quantitative estimate of drug-likeness (QED) is 0.859. The molecule has 0 fully saturated rings. The summed E-state index contributed by atoms with van der Waals surface area (Å²) >= 11 is 0. The zero-order valence-electron chi connectivity index (χ0n) is 12.5. The van der Waals surface area contributed by atoms with Crippen molar-refractivity contribution < 1.29 is 9.21 Å². The van der Waals surface area contributed by atoms with Gasteiger partial charge < -0.3 is 9.32 Å². The maximum absolute atomic E-state index is 12.6. The summed E-state index contributed by atoms with van der Waals surface area (Å²) in [5.41, 5.74) is 2.22. The van der Waals surface area contributed by atoms with Crippen LogP contribution in [-0.2, 0) is 0 Å². The number of nitriles is 1. The molecule has 1 atom stereocenters. The van der Waals surface area contributed by atoms with Gasteiger partial charge in [-0.1, -0.05) is 12.1 Å². The van der Waals surface area contributed by atoms with Gasteiger partial charge in [0.25, 0.3) is 5.91 Å². The highest BCUT2D eigenvalue weighted by molar-refractivity contribution is 5.95. The summed E-state index contributed by atoms with van der Waals surface area (Å²) in [6.07, 6.45) is 1.53. The number of carbonyl (C=O) groups excluding carboxylic acids is 1. The van der Waals surface area contributed by atoms with E-state index in [-0.39, 0.29) is 11.9 Å². The zero-order chi connectivity index (χ0) is 15.4. The monoisotopic (exact) mass is 282 g/mol.